The predicted octanol–water partition coefficient (Wildman–Crippen LogP) is 12.0. The molecule has 4 aromatic rings. The number of rotatable bonds is 16. The quantitative estimate of drug-likeness (QED) is 0.117. The van der Waals surface area contributed by atoms with Gasteiger partial charge in [0.15, 0.2) is 0 Å². The van der Waals surface area contributed by atoms with Gasteiger partial charge in [-0.05, 0) is 72.8 Å². The van der Waals surface area contributed by atoms with Crippen LogP contribution in [0.25, 0.3) is 30.5 Å². The van der Waals surface area contributed by atoms with E-state index in [1.165, 1.54) is 113 Å². The van der Waals surface area contributed by atoms with Crippen molar-refractivity contribution in [3.05, 3.63) is 44.3 Å². The number of aromatic nitrogens is 2. The monoisotopic (exact) mass is 616 g/mol. The summed E-state index contributed by atoms with van der Waals surface area (Å²) in [6.45, 7) is 6.77. The lowest BCUT2D eigenvalue weighted by Gasteiger charge is -2.10. The van der Waals surface area contributed by atoms with Crippen molar-refractivity contribution in [3.63, 3.8) is 0 Å². The van der Waals surface area contributed by atoms with Gasteiger partial charge in [0.25, 0.3) is 0 Å². The lowest BCUT2D eigenvalue weighted by atomic mass is 10.0. The molecule has 4 heterocycles. The molecule has 0 fully saturated rings. The molecule has 4 aromatic heterocycles. The van der Waals surface area contributed by atoms with Crippen LogP contribution >= 0.6 is 49.9 Å². The van der Waals surface area contributed by atoms with Crippen molar-refractivity contribution in [1.29, 1.82) is 0 Å². The highest BCUT2D eigenvalue weighted by Gasteiger charge is 2.21. The molecule has 0 aromatic carbocycles. The van der Waals surface area contributed by atoms with Crippen LogP contribution in [0.5, 0.6) is 0 Å². The van der Waals surface area contributed by atoms with Gasteiger partial charge in [-0.2, -0.15) is 0 Å². The van der Waals surface area contributed by atoms with Gasteiger partial charge in [-0.3, -0.25) is 0 Å². The first kappa shape index (κ1) is 28.9. The second kappa shape index (κ2) is 14.9. The van der Waals surface area contributed by atoms with Crippen LogP contribution in [-0.2, 0) is 12.8 Å². The molecule has 0 aliphatic heterocycles. The molecule has 4 rings (SSSR count). The summed E-state index contributed by atoms with van der Waals surface area (Å²) in [5.41, 5.74) is 4.72. The Morgan fingerprint density at radius 2 is 1.08 bits per heavy atom. The molecule has 0 bridgehead atoms. The lowest BCUT2D eigenvalue weighted by molar-refractivity contribution is 0.593. The van der Waals surface area contributed by atoms with E-state index in [4.69, 9.17) is 9.97 Å². The van der Waals surface area contributed by atoms with E-state index in [9.17, 15) is 0 Å². The molecule has 0 atom stereocenters. The minimum atomic E-state index is 1.05. The molecule has 0 unspecified atom stereocenters. The average Bonchev–Trinajstić information content (AvgIpc) is 3.61. The second-order valence-corrected chi connectivity index (χ2v) is 14.9. The van der Waals surface area contributed by atoms with E-state index in [0.29, 0.717) is 0 Å². The Morgan fingerprint density at radius 3 is 1.54 bits per heavy atom. The maximum absolute atomic E-state index is 5.42. The molecule has 0 aliphatic rings. The van der Waals surface area contributed by atoms with E-state index < -0.39 is 0 Å². The Kier molecular flexibility index (Phi) is 11.6. The second-order valence-electron chi connectivity index (χ2n) is 10.1. The Labute approximate surface area is 244 Å². The Hall–Kier alpha value is -1.08. The molecule has 0 radical (unpaired) electrons. The number of unbranched alkanes of at least 4 members (excludes halogenated alkanes) is 10. The first-order chi connectivity index (χ1) is 18.1. The number of fused-ring (bicyclic) bond motifs is 1. The van der Waals surface area contributed by atoms with Gasteiger partial charge in [-0.15, -0.1) is 34.0 Å². The topological polar surface area (TPSA) is 25.8 Å². The minimum absolute atomic E-state index is 1.05. The van der Waals surface area contributed by atoms with Gasteiger partial charge in [0, 0.05) is 14.6 Å². The van der Waals surface area contributed by atoms with Crippen molar-refractivity contribution < 1.29 is 0 Å². The van der Waals surface area contributed by atoms with Crippen LogP contribution in [-0.4, -0.2) is 9.97 Å². The zero-order valence-corrected chi connectivity index (χ0v) is 26.7. The molecule has 6 heteroatoms. The Balaban J connectivity index is 1.66. The number of hydrogen-bond donors (Lipinski definition) is 0. The van der Waals surface area contributed by atoms with Gasteiger partial charge in [-0.25, -0.2) is 9.97 Å². The Bertz CT molecular complexity index is 1160. The van der Waals surface area contributed by atoms with Crippen LogP contribution in [0.1, 0.15) is 107 Å². The first-order valence-electron chi connectivity index (χ1n) is 14.3. The van der Waals surface area contributed by atoms with E-state index in [1.807, 2.05) is 22.7 Å². The number of aryl methyl sites for hydroxylation is 3. The highest BCUT2D eigenvalue weighted by atomic mass is 79.9. The highest BCUT2D eigenvalue weighted by Crippen LogP contribution is 2.47. The highest BCUT2D eigenvalue weighted by molar-refractivity contribution is 9.11. The lowest BCUT2D eigenvalue weighted by Crippen LogP contribution is -2.03. The van der Waals surface area contributed by atoms with Crippen LogP contribution in [0, 0.1) is 6.92 Å². The summed E-state index contributed by atoms with van der Waals surface area (Å²) in [4.78, 5) is 17.3. The fraction of sp³-hybridized carbons (Fsp3) is 0.548. The summed E-state index contributed by atoms with van der Waals surface area (Å²) in [5.74, 6) is 0. The molecule has 0 spiro atoms. The summed E-state index contributed by atoms with van der Waals surface area (Å²) in [6.07, 6.45) is 17.8. The third-order valence-electron chi connectivity index (χ3n) is 6.98. The molecule has 0 N–H and O–H groups in total. The van der Waals surface area contributed by atoms with Gasteiger partial charge in [0.2, 0.25) is 0 Å². The molecule has 37 heavy (non-hydrogen) atoms. The van der Waals surface area contributed by atoms with E-state index in [-0.39, 0.29) is 0 Å². The zero-order chi connectivity index (χ0) is 26.0. The van der Waals surface area contributed by atoms with Crippen LogP contribution in [0.4, 0.5) is 0 Å². The normalized spacial score (nSPS) is 11.7. The molecular formula is C31H41BrN2S3. The fourth-order valence-electron chi connectivity index (χ4n) is 4.89. The fourth-order valence-corrected chi connectivity index (χ4v) is 8.55. The summed E-state index contributed by atoms with van der Waals surface area (Å²) >= 11 is 9.21. The first-order valence-corrected chi connectivity index (χ1v) is 17.5. The summed E-state index contributed by atoms with van der Waals surface area (Å²) in [7, 11) is 0. The van der Waals surface area contributed by atoms with Crippen molar-refractivity contribution >= 4 is 61.0 Å². The van der Waals surface area contributed by atoms with Crippen LogP contribution in [0.2, 0.25) is 0 Å². The van der Waals surface area contributed by atoms with Crippen molar-refractivity contribution in [2.75, 3.05) is 0 Å². The van der Waals surface area contributed by atoms with E-state index in [2.05, 4.69) is 61.0 Å². The number of thiophene rings is 3. The van der Waals surface area contributed by atoms with Crippen molar-refractivity contribution in [1.82, 2.24) is 9.97 Å². The molecule has 0 saturated carbocycles. The predicted molar refractivity (Wildman–Crippen MR) is 171 cm³/mol. The molecule has 0 amide bonds. The number of nitrogens with zero attached hydrogens (tertiary/aromatic N) is 2. The van der Waals surface area contributed by atoms with E-state index in [1.54, 1.807) is 11.3 Å². The summed E-state index contributed by atoms with van der Waals surface area (Å²) in [5, 5.41) is 0. The number of hydrogen-bond acceptors (Lipinski definition) is 5. The van der Waals surface area contributed by atoms with Gasteiger partial charge < -0.3 is 0 Å². The maximum Gasteiger partial charge on any atom is 0.109 e. The summed E-state index contributed by atoms with van der Waals surface area (Å²) < 4.78 is 1.16. The molecule has 200 valence electrons. The van der Waals surface area contributed by atoms with E-state index in [0.717, 1.165) is 27.7 Å². The number of halogens is 1. The summed E-state index contributed by atoms with van der Waals surface area (Å²) in [6, 6.07) is 8.87. The Morgan fingerprint density at radius 1 is 0.595 bits per heavy atom. The average molecular weight is 618 g/mol. The van der Waals surface area contributed by atoms with Crippen molar-refractivity contribution in [2.45, 2.75) is 111 Å². The molecule has 0 saturated heterocycles. The SMILES string of the molecule is CCCCCCCCc1nc2c(-c3ccc(C)s3)sc(-c3ccc(Br)s3)c2nc1CCCCCCCC. The van der Waals surface area contributed by atoms with Gasteiger partial charge >= 0.3 is 0 Å². The van der Waals surface area contributed by atoms with Crippen LogP contribution in [0.15, 0.2) is 28.1 Å². The smallest absolute Gasteiger partial charge is 0.109 e. The van der Waals surface area contributed by atoms with Crippen LogP contribution in [0.3, 0.4) is 0 Å². The third-order valence-corrected chi connectivity index (χ3v) is 11.1. The molecular weight excluding hydrogens is 576 g/mol. The molecule has 2 nitrogen and oxygen atoms in total. The largest absolute Gasteiger partial charge is 0.248 e. The maximum atomic E-state index is 5.42. The van der Waals surface area contributed by atoms with Gasteiger partial charge in [-0.1, -0.05) is 78.1 Å². The van der Waals surface area contributed by atoms with Crippen molar-refractivity contribution in [2.24, 2.45) is 0 Å². The molecule has 0 aliphatic carbocycles. The van der Waals surface area contributed by atoms with Crippen molar-refractivity contribution in [3.8, 4) is 19.5 Å². The van der Waals surface area contributed by atoms with Gasteiger partial charge in [0.05, 0.1) is 24.9 Å². The minimum Gasteiger partial charge on any atom is -0.248 e. The van der Waals surface area contributed by atoms with Crippen LogP contribution < -0.4 is 0 Å². The third kappa shape index (κ3) is 7.97. The van der Waals surface area contributed by atoms with E-state index >= 15 is 0 Å². The van der Waals surface area contributed by atoms with Gasteiger partial charge in [0.1, 0.15) is 11.0 Å². The standard InChI is InChI=1S/C31H41BrN2S3/c1-4-6-8-10-12-14-16-23-24(17-15-13-11-9-7-5-2)34-29-28(33-23)30(25-19-18-22(3)35-25)37-31(29)26-20-21-27(32)36-26/h18-21H,4-17H2,1-3H3. The zero-order valence-electron chi connectivity index (χ0n) is 22.7.